The Hall–Kier alpha value is -2.61. The van der Waals surface area contributed by atoms with Crippen LogP contribution >= 0.6 is 0 Å². The summed E-state index contributed by atoms with van der Waals surface area (Å²) in [7, 11) is -3.73. The summed E-state index contributed by atoms with van der Waals surface area (Å²) in [5.74, 6) is -1.49. The number of alkyl halides is 2. The first-order valence-corrected chi connectivity index (χ1v) is 9.51. The molecular formula is C18H15F3N2O2S. The van der Waals surface area contributed by atoms with Gasteiger partial charge >= 0.3 is 0 Å². The number of halogens is 3. The second-order valence-electron chi connectivity index (χ2n) is 5.93. The molecule has 3 rings (SSSR count). The second kappa shape index (κ2) is 6.60. The third-order valence-electron chi connectivity index (χ3n) is 3.84. The zero-order valence-electron chi connectivity index (χ0n) is 13.9. The molecule has 0 spiro atoms. The van der Waals surface area contributed by atoms with Gasteiger partial charge in [-0.2, -0.15) is 0 Å². The van der Waals surface area contributed by atoms with Crippen molar-refractivity contribution in [1.29, 1.82) is 0 Å². The second-order valence-corrected chi connectivity index (χ2v) is 7.92. The Balaban J connectivity index is 2.20. The fraction of sp³-hybridized carbons (Fsp3) is 0.167. The van der Waals surface area contributed by atoms with Gasteiger partial charge in [0.15, 0.2) is 15.7 Å². The van der Waals surface area contributed by atoms with Crippen molar-refractivity contribution in [1.82, 2.24) is 9.97 Å². The van der Waals surface area contributed by atoms with Gasteiger partial charge in [-0.1, -0.05) is 29.8 Å². The van der Waals surface area contributed by atoms with Gasteiger partial charge in [-0.25, -0.2) is 26.6 Å². The van der Waals surface area contributed by atoms with E-state index < -0.39 is 32.8 Å². The fourth-order valence-electron chi connectivity index (χ4n) is 2.66. The summed E-state index contributed by atoms with van der Waals surface area (Å²) in [6.07, 6.45) is -1.93. The monoisotopic (exact) mass is 380 g/mol. The summed E-state index contributed by atoms with van der Waals surface area (Å²) in [6.45, 7) is 1.86. The number of rotatable bonds is 4. The van der Waals surface area contributed by atoms with Crippen molar-refractivity contribution < 1.29 is 21.6 Å². The quantitative estimate of drug-likeness (QED) is 0.723. The van der Waals surface area contributed by atoms with Crippen LogP contribution in [0.5, 0.6) is 0 Å². The van der Waals surface area contributed by atoms with Gasteiger partial charge in [0.1, 0.15) is 10.7 Å². The van der Waals surface area contributed by atoms with Crippen LogP contribution in [0.1, 0.15) is 17.8 Å². The van der Waals surface area contributed by atoms with Crippen molar-refractivity contribution >= 4 is 9.84 Å². The Morgan fingerprint density at radius 1 is 1.08 bits per heavy atom. The van der Waals surface area contributed by atoms with Crippen LogP contribution in [0.25, 0.3) is 22.5 Å². The molecule has 2 aromatic carbocycles. The van der Waals surface area contributed by atoms with Crippen LogP contribution in [0, 0.1) is 12.7 Å². The molecule has 8 heteroatoms. The molecular weight excluding hydrogens is 365 g/mol. The number of imidazole rings is 1. The Bertz CT molecular complexity index is 1080. The summed E-state index contributed by atoms with van der Waals surface area (Å²) in [4.78, 5) is 6.03. The predicted octanol–water partition coefficient (Wildman–Crippen LogP) is 4.53. The molecule has 0 bridgehead atoms. The number of nitrogens with one attached hydrogen (secondary N) is 1. The first-order chi connectivity index (χ1) is 12.2. The smallest absolute Gasteiger partial charge is 0.295 e. The van der Waals surface area contributed by atoms with Gasteiger partial charge < -0.3 is 4.98 Å². The van der Waals surface area contributed by atoms with Gasteiger partial charge in [-0.15, -0.1) is 0 Å². The molecule has 4 nitrogen and oxygen atoms in total. The Morgan fingerprint density at radius 3 is 2.38 bits per heavy atom. The van der Waals surface area contributed by atoms with Crippen molar-refractivity contribution in [2.75, 3.05) is 6.26 Å². The number of hydrogen-bond acceptors (Lipinski definition) is 3. The van der Waals surface area contributed by atoms with Gasteiger partial charge in [0, 0.05) is 17.4 Å². The Morgan fingerprint density at radius 2 is 1.81 bits per heavy atom. The molecule has 1 N–H and O–H groups in total. The fourth-order valence-corrected chi connectivity index (χ4v) is 3.39. The van der Waals surface area contributed by atoms with E-state index in [0.29, 0.717) is 11.3 Å². The molecule has 0 atom stereocenters. The minimum absolute atomic E-state index is 0.129. The van der Waals surface area contributed by atoms with Crippen LogP contribution in [0.2, 0.25) is 0 Å². The number of aromatic amines is 1. The van der Waals surface area contributed by atoms with Gasteiger partial charge in [-0.05, 0) is 25.1 Å². The van der Waals surface area contributed by atoms with Crippen LogP contribution in [0.15, 0.2) is 47.4 Å². The average molecular weight is 380 g/mol. The van der Waals surface area contributed by atoms with Gasteiger partial charge in [0.05, 0.1) is 11.4 Å². The molecule has 1 heterocycles. The van der Waals surface area contributed by atoms with Crippen LogP contribution < -0.4 is 0 Å². The van der Waals surface area contributed by atoms with Crippen molar-refractivity contribution in [2.24, 2.45) is 0 Å². The molecule has 0 unspecified atom stereocenters. The lowest BCUT2D eigenvalue weighted by molar-refractivity contribution is 0.141. The molecule has 1 aromatic heterocycles. The highest BCUT2D eigenvalue weighted by Crippen LogP contribution is 2.34. The first kappa shape index (κ1) is 18.2. The lowest BCUT2D eigenvalue weighted by Gasteiger charge is -2.06. The molecule has 26 heavy (non-hydrogen) atoms. The summed E-state index contributed by atoms with van der Waals surface area (Å²) < 4.78 is 63.6. The highest BCUT2D eigenvalue weighted by atomic mass is 32.2. The molecule has 0 aliphatic heterocycles. The summed E-state index contributed by atoms with van der Waals surface area (Å²) in [5.41, 5.74) is 2.18. The van der Waals surface area contributed by atoms with E-state index in [1.54, 1.807) is 18.2 Å². The largest absolute Gasteiger partial charge is 0.337 e. The van der Waals surface area contributed by atoms with E-state index in [4.69, 9.17) is 0 Å². The van der Waals surface area contributed by atoms with Gasteiger partial charge in [-0.3, -0.25) is 0 Å². The number of H-pyrrole nitrogens is 1. The minimum Gasteiger partial charge on any atom is -0.337 e. The van der Waals surface area contributed by atoms with E-state index in [-0.39, 0.29) is 11.3 Å². The predicted molar refractivity (Wildman–Crippen MR) is 92.2 cm³/mol. The molecule has 136 valence electrons. The maximum absolute atomic E-state index is 14.2. The average Bonchev–Trinajstić information content (AvgIpc) is 2.99. The number of aryl methyl sites for hydroxylation is 1. The molecule has 0 aliphatic carbocycles. The molecule has 3 aromatic rings. The number of aromatic nitrogens is 2. The SMILES string of the molecule is Cc1cccc(-c2[nH]c(C(F)F)nc2-c2ccc(S(C)(=O)=O)c(F)c2)c1. The van der Waals surface area contributed by atoms with Crippen LogP contribution in [-0.2, 0) is 9.84 Å². The molecule has 0 saturated heterocycles. The van der Waals surface area contributed by atoms with E-state index in [0.717, 1.165) is 24.0 Å². The highest BCUT2D eigenvalue weighted by molar-refractivity contribution is 7.90. The van der Waals surface area contributed by atoms with Crippen molar-refractivity contribution in [3.63, 3.8) is 0 Å². The highest BCUT2D eigenvalue weighted by Gasteiger charge is 2.21. The third kappa shape index (κ3) is 3.50. The van der Waals surface area contributed by atoms with Crippen molar-refractivity contribution in [3.8, 4) is 22.5 Å². The number of sulfone groups is 1. The Kier molecular flexibility index (Phi) is 4.62. The standard InChI is InChI=1S/C18H15F3N2O2S/c1-10-4-3-5-11(8-10)15-16(23-18(22-15)17(20)21)12-6-7-14(13(19)9-12)26(2,24)25/h3-9,17H,1-2H3,(H,22,23). The first-order valence-electron chi connectivity index (χ1n) is 7.62. The van der Waals surface area contributed by atoms with Crippen molar-refractivity contribution in [2.45, 2.75) is 18.2 Å². The number of benzene rings is 2. The maximum Gasteiger partial charge on any atom is 0.295 e. The zero-order chi connectivity index (χ0) is 19.1. The molecule has 0 amide bonds. The van der Waals surface area contributed by atoms with Crippen molar-refractivity contribution in [3.05, 3.63) is 59.7 Å². The molecule has 0 aliphatic rings. The van der Waals surface area contributed by atoms with E-state index in [1.165, 1.54) is 6.07 Å². The normalized spacial score (nSPS) is 11.9. The molecule has 0 saturated carbocycles. The Labute approximate surface area is 148 Å². The van der Waals surface area contributed by atoms with Crippen LogP contribution in [-0.4, -0.2) is 24.6 Å². The number of nitrogens with zero attached hydrogens (tertiary/aromatic N) is 1. The molecule has 0 fully saturated rings. The van der Waals surface area contributed by atoms with E-state index in [1.807, 2.05) is 13.0 Å². The van der Waals surface area contributed by atoms with Crippen LogP contribution in [0.4, 0.5) is 13.2 Å². The summed E-state index contributed by atoms with van der Waals surface area (Å²) in [5, 5.41) is 0. The van der Waals surface area contributed by atoms with Crippen LogP contribution in [0.3, 0.4) is 0 Å². The minimum atomic E-state index is -3.73. The third-order valence-corrected chi connectivity index (χ3v) is 4.97. The topological polar surface area (TPSA) is 62.8 Å². The van der Waals surface area contributed by atoms with Gasteiger partial charge in [0.25, 0.3) is 6.43 Å². The molecule has 0 radical (unpaired) electrons. The summed E-state index contributed by atoms with van der Waals surface area (Å²) in [6, 6.07) is 10.6. The lowest BCUT2D eigenvalue weighted by Crippen LogP contribution is -2.00. The number of hydrogen-bond donors (Lipinski definition) is 1. The lowest BCUT2D eigenvalue weighted by atomic mass is 10.0. The summed E-state index contributed by atoms with van der Waals surface area (Å²) >= 11 is 0. The van der Waals surface area contributed by atoms with E-state index >= 15 is 0 Å². The maximum atomic E-state index is 14.2. The van der Waals surface area contributed by atoms with Gasteiger partial charge in [0.2, 0.25) is 0 Å². The van der Waals surface area contributed by atoms with E-state index in [2.05, 4.69) is 9.97 Å². The zero-order valence-corrected chi connectivity index (χ0v) is 14.7. The van der Waals surface area contributed by atoms with E-state index in [9.17, 15) is 21.6 Å².